The molecule has 4 aliphatic rings. The molecule has 22 heavy (non-hydrogen) atoms. The number of hydrogen-bond donors (Lipinski definition) is 2. The molecule has 5 nitrogen and oxygen atoms in total. The van der Waals surface area contributed by atoms with E-state index < -0.39 is 17.1 Å². The Morgan fingerprint density at radius 2 is 2.18 bits per heavy atom. The summed E-state index contributed by atoms with van der Waals surface area (Å²) in [7, 11) is 2.04. The van der Waals surface area contributed by atoms with Crippen molar-refractivity contribution in [2.75, 3.05) is 13.6 Å². The zero-order valence-corrected chi connectivity index (χ0v) is 12.5. The van der Waals surface area contributed by atoms with Crippen molar-refractivity contribution in [3.63, 3.8) is 0 Å². The predicted octanol–water partition coefficient (Wildman–Crippen LogP) is 0.745. The molecule has 1 aromatic rings. The van der Waals surface area contributed by atoms with E-state index in [-0.39, 0.29) is 17.6 Å². The number of phenolic OH excluding ortho intramolecular Hbond substituents is 1. The molecule has 2 aliphatic heterocycles. The summed E-state index contributed by atoms with van der Waals surface area (Å²) < 4.78 is 5.94. The zero-order chi connectivity index (χ0) is 15.3. The third-order valence-electron chi connectivity index (χ3n) is 6.53. The lowest BCUT2D eigenvalue weighted by atomic mass is 9.49. The van der Waals surface area contributed by atoms with Gasteiger partial charge in [0.15, 0.2) is 23.4 Å². The van der Waals surface area contributed by atoms with Crippen molar-refractivity contribution in [3.05, 3.63) is 23.3 Å². The highest BCUT2D eigenvalue weighted by Crippen LogP contribution is 2.64. The molecule has 2 fully saturated rings. The van der Waals surface area contributed by atoms with Crippen LogP contribution in [0.3, 0.4) is 0 Å². The molecule has 1 saturated carbocycles. The number of ketones is 1. The molecule has 0 radical (unpaired) electrons. The molecule has 5 heteroatoms. The Hall–Kier alpha value is -1.59. The van der Waals surface area contributed by atoms with Gasteiger partial charge in [0.2, 0.25) is 0 Å². The highest BCUT2D eigenvalue weighted by molar-refractivity contribution is 5.90. The maximum atomic E-state index is 12.5. The van der Waals surface area contributed by atoms with Gasteiger partial charge in [-0.15, -0.1) is 0 Å². The zero-order valence-electron chi connectivity index (χ0n) is 12.5. The molecule has 0 aromatic heterocycles. The molecule has 2 bridgehead atoms. The molecule has 1 aromatic carbocycles. The van der Waals surface area contributed by atoms with E-state index in [2.05, 4.69) is 4.90 Å². The topological polar surface area (TPSA) is 70.0 Å². The summed E-state index contributed by atoms with van der Waals surface area (Å²) in [4.78, 5) is 14.7. The van der Waals surface area contributed by atoms with Crippen molar-refractivity contribution in [3.8, 4) is 11.5 Å². The lowest BCUT2D eigenvalue weighted by molar-refractivity contribution is -0.185. The van der Waals surface area contributed by atoms with E-state index in [0.717, 1.165) is 24.1 Å². The van der Waals surface area contributed by atoms with Crippen LogP contribution in [0.25, 0.3) is 0 Å². The minimum atomic E-state index is -0.954. The summed E-state index contributed by atoms with van der Waals surface area (Å²) in [5.74, 6) is 0.561. The number of Topliss-reactive ketones (excluding diaryl/α,β-unsaturated/α-hetero) is 1. The Labute approximate surface area is 128 Å². The van der Waals surface area contributed by atoms with Gasteiger partial charge in [0.25, 0.3) is 0 Å². The van der Waals surface area contributed by atoms with Crippen LogP contribution < -0.4 is 4.74 Å². The number of likely N-dealkylation sites (N-methyl/N-ethyl adjacent to an activating group) is 1. The van der Waals surface area contributed by atoms with Crippen molar-refractivity contribution in [1.29, 1.82) is 0 Å². The number of hydrogen-bond acceptors (Lipinski definition) is 5. The van der Waals surface area contributed by atoms with Crippen molar-refractivity contribution in [2.24, 2.45) is 0 Å². The van der Waals surface area contributed by atoms with Gasteiger partial charge < -0.3 is 19.8 Å². The summed E-state index contributed by atoms with van der Waals surface area (Å²) in [6.45, 7) is 0.828. The number of nitrogens with zero attached hydrogens (tertiary/aromatic N) is 1. The number of aromatic hydroxyl groups is 1. The summed E-state index contributed by atoms with van der Waals surface area (Å²) >= 11 is 0. The molecular weight excluding hydrogens is 282 g/mol. The second kappa shape index (κ2) is 3.66. The Morgan fingerprint density at radius 1 is 1.36 bits per heavy atom. The van der Waals surface area contributed by atoms with Crippen LogP contribution in [0.2, 0.25) is 0 Å². The van der Waals surface area contributed by atoms with Crippen LogP contribution in [0.5, 0.6) is 11.5 Å². The fraction of sp³-hybridized carbons (Fsp3) is 0.588. The van der Waals surface area contributed by atoms with Gasteiger partial charge in [-0.05, 0) is 44.5 Å². The van der Waals surface area contributed by atoms with Gasteiger partial charge >= 0.3 is 0 Å². The third kappa shape index (κ3) is 1.13. The largest absolute Gasteiger partial charge is 0.504 e. The standard InChI is InChI=1S/C17H19NO4/c1-18-7-6-16-13-9-2-3-10(19)14(13)22-15(16)11(20)4-5-17(16,21)12(18)8-9/h2-3,12,15,19,21H,4-8H2,1H3/t12-,15-,16-,17+/m0/s1. The van der Waals surface area contributed by atoms with E-state index in [0.29, 0.717) is 25.0 Å². The van der Waals surface area contributed by atoms with Crippen LogP contribution in [-0.4, -0.2) is 52.2 Å². The maximum Gasteiger partial charge on any atom is 0.174 e. The van der Waals surface area contributed by atoms with Crippen LogP contribution in [0, 0.1) is 0 Å². The molecule has 5 rings (SSSR count). The van der Waals surface area contributed by atoms with Crippen molar-refractivity contribution in [2.45, 2.75) is 48.8 Å². The lowest BCUT2D eigenvalue weighted by Gasteiger charge is -2.61. The molecule has 4 atom stereocenters. The van der Waals surface area contributed by atoms with Crippen LogP contribution in [0.4, 0.5) is 0 Å². The Kier molecular flexibility index (Phi) is 2.15. The molecule has 0 amide bonds. The summed E-state index contributed by atoms with van der Waals surface area (Å²) in [5, 5.41) is 21.8. The summed E-state index contributed by atoms with van der Waals surface area (Å²) in [6, 6.07) is 3.57. The molecule has 2 N–H and O–H groups in total. The number of aliphatic hydroxyl groups is 1. The maximum absolute atomic E-state index is 12.5. The van der Waals surface area contributed by atoms with Gasteiger partial charge in [-0.25, -0.2) is 0 Å². The van der Waals surface area contributed by atoms with Crippen LogP contribution in [0.1, 0.15) is 30.4 Å². The highest BCUT2D eigenvalue weighted by Gasteiger charge is 2.72. The van der Waals surface area contributed by atoms with Gasteiger partial charge in [0.05, 0.1) is 11.0 Å². The van der Waals surface area contributed by atoms with Crippen molar-refractivity contribution in [1.82, 2.24) is 4.90 Å². The van der Waals surface area contributed by atoms with Gasteiger partial charge in [-0.1, -0.05) is 6.07 Å². The van der Waals surface area contributed by atoms with E-state index in [4.69, 9.17) is 4.74 Å². The lowest BCUT2D eigenvalue weighted by Crippen LogP contribution is -2.76. The number of phenols is 1. The third-order valence-corrected chi connectivity index (χ3v) is 6.53. The predicted molar refractivity (Wildman–Crippen MR) is 78.1 cm³/mol. The number of rotatable bonds is 0. The first-order valence-corrected chi connectivity index (χ1v) is 7.96. The van der Waals surface area contributed by atoms with E-state index in [1.54, 1.807) is 6.07 Å². The van der Waals surface area contributed by atoms with E-state index in [1.165, 1.54) is 0 Å². The number of ether oxygens (including phenoxy) is 1. The summed E-state index contributed by atoms with van der Waals surface area (Å²) in [5.41, 5.74) is 0.370. The number of piperidine rings is 1. The summed E-state index contributed by atoms with van der Waals surface area (Å²) in [6.07, 6.45) is 1.61. The number of benzene rings is 1. The van der Waals surface area contributed by atoms with Crippen molar-refractivity contribution >= 4 is 5.78 Å². The average Bonchev–Trinajstić information content (AvgIpc) is 2.85. The molecular formula is C17H19NO4. The molecule has 0 unspecified atom stereocenters. The Balaban J connectivity index is 1.88. The first-order chi connectivity index (χ1) is 10.5. The molecule has 1 spiro atoms. The smallest absolute Gasteiger partial charge is 0.174 e. The first kappa shape index (κ1) is 12.9. The van der Waals surface area contributed by atoms with Gasteiger partial charge in [0.1, 0.15) is 0 Å². The quantitative estimate of drug-likeness (QED) is 0.740. The normalized spacial score (nSPS) is 42.0. The Morgan fingerprint density at radius 3 is 3.00 bits per heavy atom. The minimum Gasteiger partial charge on any atom is -0.504 e. The number of carbonyl (C=O) groups excluding carboxylic acids is 1. The average molecular weight is 301 g/mol. The van der Waals surface area contributed by atoms with E-state index >= 15 is 0 Å². The monoisotopic (exact) mass is 301 g/mol. The fourth-order valence-electron chi connectivity index (χ4n) is 5.54. The highest BCUT2D eigenvalue weighted by atomic mass is 16.5. The van der Waals surface area contributed by atoms with Crippen LogP contribution >= 0.6 is 0 Å². The van der Waals surface area contributed by atoms with Gasteiger partial charge in [0, 0.05) is 18.0 Å². The molecule has 1 saturated heterocycles. The molecule has 2 aliphatic carbocycles. The van der Waals surface area contributed by atoms with Crippen LogP contribution in [0.15, 0.2) is 12.1 Å². The molecule has 2 heterocycles. The van der Waals surface area contributed by atoms with Gasteiger partial charge in [-0.3, -0.25) is 4.79 Å². The van der Waals surface area contributed by atoms with E-state index in [9.17, 15) is 15.0 Å². The van der Waals surface area contributed by atoms with Gasteiger partial charge in [-0.2, -0.15) is 0 Å². The minimum absolute atomic E-state index is 0.00319. The van der Waals surface area contributed by atoms with Crippen LogP contribution in [-0.2, 0) is 16.6 Å². The van der Waals surface area contributed by atoms with E-state index in [1.807, 2.05) is 13.1 Å². The number of likely N-dealkylation sites (tertiary alicyclic amines) is 1. The Bertz CT molecular complexity index is 717. The second-order valence-electron chi connectivity index (χ2n) is 7.26. The molecule has 116 valence electrons. The SMILES string of the molecule is CN1CC[C@]23c4c5ccc(O)c4O[C@H]2C(=O)CC[C@@]3(O)[C@@H]1C5. The number of carbonyl (C=O) groups is 1. The second-order valence-corrected chi connectivity index (χ2v) is 7.26. The first-order valence-electron chi connectivity index (χ1n) is 7.96. The fourth-order valence-corrected chi connectivity index (χ4v) is 5.54. The van der Waals surface area contributed by atoms with Crippen molar-refractivity contribution < 1.29 is 19.7 Å².